The molecule has 3 N–H and O–H groups in total. The third-order valence-electron chi connectivity index (χ3n) is 2.11. The molecule has 1 atom stereocenters. The molecular formula is C7H17N3O2S. The minimum atomic E-state index is -3.27. The molecule has 13 heavy (non-hydrogen) atoms. The molecule has 0 radical (unpaired) electrons. The smallest absolute Gasteiger partial charge is 0.279 e. The fourth-order valence-corrected chi connectivity index (χ4v) is 2.80. The van der Waals surface area contributed by atoms with Crippen LogP contribution in [0, 0.1) is 0 Å². The van der Waals surface area contributed by atoms with Gasteiger partial charge >= 0.3 is 0 Å². The van der Waals surface area contributed by atoms with Crippen LogP contribution in [0.15, 0.2) is 0 Å². The quantitative estimate of drug-likeness (QED) is 0.638. The van der Waals surface area contributed by atoms with Gasteiger partial charge < -0.3 is 5.73 Å². The van der Waals surface area contributed by atoms with Crippen molar-refractivity contribution >= 4 is 10.2 Å². The molecule has 0 saturated carbocycles. The third-order valence-corrected chi connectivity index (χ3v) is 3.85. The molecular weight excluding hydrogens is 190 g/mol. The first-order valence-corrected chi connectivity index (χ1v) is 5.98. The van der Waals surface area contributed by atoms with Crippen LogP contribution in [-0.2, 0) is 10.2 Å². The first-order chi connectivity index (χ1) is 6.06. The molecule has 1 aliphatic heterocycles. The Bertz CT molecular complexity index is 246. The minimum Gasteiger partial charge on any atom is -0.329 e. The lowest BCUT2D eigenvalue weighted by Gasteiger charge is -2.19. The van der Waals surface area contributed by atoms with Crippen molar-refractivity contribution in [2.24, 2.45) is 5.73 Å². The number of nitrogens with zero attached hydrogens (tertiary/aromatic N) is 1. The first-order valence-electron chi connectivity index (χ1n) is 4.54. The summed E-state index contributed by atoms with van der Waals surface area (Å²) in [5.74, 6) is 0. The van der Waals surface area contributed by atoms with Crippen molar-refractivity contribution in [2.75, 3.05) is 19.6 Å². The molecule has 1 fully saturated rings. The molecule has 0 spiro atoms. The molecule has 1 aliphatic rings. The Morgan fingerprint density at radius 1 is 1.46 bits per heavy atom. The summed E-state index contributed by atoms with van der Waals surface area (Å²) in [7, 11) is -3.27. The zero-order valence-corrected chi connectivity index (χ0v) is 8.68. The van der Waals surface area contributed by atoms with Gasteiger partial charge in [-0.1, -0.05) is 0 Å². The highest BCUT2D eigenvalue weighted by molar-refractivity contribution is 7.87. The Labute approximate surface area is 79.5 Å². The van der Waals surface area contributed by atoms with Gasteiger partial charge in [0, 0.05) is 25.7 Å². The van der Waals surface area contributed by atoms with Crippen molar-refractivity contribution in [1.82, 2.24) is 9.03 Å². The molecule has 0 aromatic rings. The second kappa shape index (κ2) is 4.36. The number of hydrogen-bond acceptors (Lipinski definition) is 3. The molecule has 6 heteroatoms. The molecule has 0 aromatic carbocycles. The average Bonchev–Trinajstić information content (AvgIpc) is 2.55. The summed E-state index contributed by atoms with van der Waals surface area (Å²) in [4.78, 5) is 0. The lowest BCUT2D eigenvalue weighted by Crippen LogP contribution is -2.45. The van der Waals surface area contributed by atoms with E-state index in [-0.39, 0.29) is 6.04 Å². The van der Waals surface area contributed by atoms with Crippen LogP contribution in [0.5, 0.6) is 0 Å². The molecule has 0 bridgehead atoms. The Hall–Kier alpha value is -0.170. The van der Waals surface area contributed by atoms with E-state index in [9.17, 15) is 8.42 Å². The lowest BCUT2D eigenvalue weighted by atomic mass is 10.4. The molecule has 5 nitrogen and oxygen atoms in total. The molecule has 0 amide bonds. The maximum Gasteiger partial charge on any atom is 0.279 e. The topological polar surface area (TPSA) is 75.4 Å². The van der Waals surface area contributed by atoms with Crippen LogP contribution in [0.2, 0.25) is 0 Å². The highest BCUT2D eigenvalue weighted by Gasteiger charge is 2.25. The van der Waals surface area contributed by atoms with Gasteiger partial charge in [-0.2, -0.15) is 17.4 Å². The first kappa shape index (κ1) is 10.9. The predicted molar refractivity (Wildman–Crippen MR) is 51.4 cm³/mol. The van der Waals surface area contributed by atoms with E-state index < -0.39 is 10.2 Å². The van der Waals surface area contributed by atoms with E-state index in [1.165, 1.54) is 4.31 Å². The summed E-state index contributed by atoms with van der Waals surface area (Å²) in [6.07, 6.45) is 1.91. The van der Waals surface area contributed by atoms with Crippen molar-refractivity contribution in [3.05, 3.63) is 0 Å². The van der Waals surface area contributed by atoms with E-state index >= 15 is 0 Å². The summed E-state index contributed by atoms with van der Waals surface area (Å²) < 4.78 is 27.1. The molecule has 0 aromatic heterocycles. The van der Waals surface area contributed by atoms with Crippen LogP contribution < -0.4 is 10.5 Å². The summed E-state index contributed by atoms with van der Waals surface area (Å²) in [5, 5.41) is 0. The van der Waals surface area contributed by atoms with E-state index in [1.54, 1.807) is 6.92 Å². The minimum absolute atomic E-state index is 0.189. The molecule has 0 unspecified atom stereocenters. The van der Waals surface area contributed by atoms with Crippen molar-refractivity contribution in [2.45, 2.75) is 25.8 Å². The highest BCUT2D eigenvalue weighted by Crippen LogP contribution is 2.11. The zero-order valence-electron chi connectivity index (χ0n) is 7.86. The van der Waals surface area contributed by atoms with Gasteiger partial charge in [-0.25, -0.2) is 0 Å². The van der Waals surface area contributed by atoms with Crippen molar-refractivity contribution in [3.63, 3.8) is 0 Å². The monoisotopic (exact) mass is 207 g/mol. The van der Waals surface area contributed by atoms with Gasteiger partial charge in [-0.3, -0.25) is 0 Å². The fourth-order valence-electron chi connectivity index (χ4n) is 1.31. The Kier molecular flexibility index (Phi) is 3.66. The fraction of sp³-hybridized carbons (Fsp3) is 1.00. The SMILES string of the molecule is C[C@H](CN)NS(=O)(=O)N1CCCC1. The second-order valence-corrected chi connectivity index (χ2v) is 5.07. The van der Waals surface area contributed by atoms with Gasteiger partial charge in [-0.05, 0) is 19.8 Å². The molecule has 1 saturated heterocycles. The van der Waals surface area contributed by atoms with Gasteiger partial charge in [0.25, 0.3) is 10.2 Å². The van der Waals surface area contributed by atoms with E-state index in [0.717, 1.165) is 12.8 Å². The van der Waals surface area contributed by atoms with Crippen LogP contribution in [0.4, 0.5) is 0 Å². The third kappa shape index (κ3) is 2.91. The molecule has 1 rings (SSSR count). The molecule has 78 valence electrons. The van der Waals surface area contributed by atoms with Crippen molar-refractivity contribution in [1.29, 1.82) is 0 Å². The van der Waals surface area contributed by atoms with E-state index in [0.29, 0.717) is 19.6 Å². The van der Waals surface area contributed by atoms with Gasteiger partial charge in [0.2, 0.25) is 0 Å². The summed E-state index contributed by atoms with van der Waals surface area (Å²) in [6, 6.07) is -0.189. The number of rotatable bonds is 4. The average molecular weight is 207 g/mol. The van der Waals surface area contributed by atoms with Gasteiger partial charge in [0.05, 0.1) is 0 Å². The Balaban J connectivity index is 2.54. The van der Waals surface area contributed by atoms with E-state index in [2.05, 4.69) is 4.72 Å². The predicted octanol–water partition coefficient (Wildman–Crippen LogP) is -0.736. The Morgan fingerprint density at radius 2 is 2.00 bits per heavy atom. The zero-order chi connectivity index (χ0) is 9.90. The lowest BCUT2D eigenvalue weighted by molar-refractivity contribution is 0.456. The number of nitrogens with one attached hydrogen (secondary N) is 1. The maximum absolute atomic E-state index is 11.6. The standard InChI is InChI=1S/C7H17N3O2S/c1-7(6-8)9-13(11,12)10-4-2-3-5-10/h7,9H,2-6,8H2,1H3/t7-/m1/s1. The van der Waals surface area contributed by atoms with Gasteiger partial charge in [0.1, 0.15) is 0 Å². The number of nitrogens with two attached hydrogens (primary N) is 1. The largest absolute Gasteiger partial charge is 0.329 e. The van der Waals surface area contributed by atoms with Crippen LogP contribution in [0.25, 0.3) is 0 Å². The second-order valence-electron chi connectivity index (χ2n) is 3.37. The Morgan fingerprint density at radius 3 is 2.46 bits per heavy atom. The van der Waals surface area contributed by atoms with Crippen LogP contribution >= 0.6 is 0 Å². The summed E-state index contributed by atoms with van der Waals surface area (Å²) >= 11 is 0. The normalized spacial score (nSPS) is 22.0. The molecule has 1 heterocycles. The van der Waals surface area contributed by atoms with Crippen molar-refractivity contribution < 1.29 is 8.42 Å². The van der Waals surface area contributed by atoms with Gasteiger partial charge in [0.15, 0.2) is 0 Å². The van der Waals surface area contributed by atoms with E-state index in [4.69, 9.17) is 5.73 Å². The maximum atomic E-state index is 11.6. The summed E-state index contributed by atoms with van der Waals surface area (Å²) in [5.41, 5.74) is 5.33. The number of hydrogen-bond donors (Lipinski definition) is 2. The van der Waals surface area contributed by atoms with Gasteiger partial charge in [-0.15, -0.1) is 0 Å². The molecule has 0 aliphatic carbocycles. The highest BCUT2D eigenvalue weighted by atomic mass is 32.2. The van der Waals surface area contributed by atoms with Crippen LogP contribution in [-0.4, -0.2) is 38.4 Å². The summed E-state index contributed by atoms with van der Waals surface area (Å²) in [6.45, 7) is 3.35. The van der Waals surface area contributed by atoms with Crippen molar-refractivity contribution in [3.8, 4) is 0 Å². The van der Waals surface area contributed by atoms with E-state index in [1.807, 2.05) is 0 Å². The van der Waals surface area contributed by atoms with Crippen LogP contribution in [0.3, 0.4) is 0 Å². The van der Waals surface area contributed by atoms with Crippen LogP contribution in [0.1, 0.15) is 19.8 Å².